The van der Waals surface area contributed by atoms with Gasteiger partial charge in [-0.15, -0.1) is 5.10 Å². The Bertz CT molecular complexity index is 665. The average Bonchev–Trinajstić information content (AvgIpc) is 3.25. The number of rotatable bonds is 5. The van der Waals surface area contributed by atoms with E-state index in [4.69, 9.17) is 0 Å². The number of likely N-dealkylation sites (tertiary alicyclic amines) is 1. The van der Waals surface area contributed by atoms with E-state index >= 15 is 0 Å². The van der Waals surface area contributed by atoms with Crippen molar-refractivity contribution in [2.24, 2.45) is 5.92 Å². The number of nitrogens with zero attached hydrogens (tertiary/aromatic N) is 7. The summed E-state index contributed by atoms with van der Waals surface area (Å²) in [6.07, 6.45) is 5.31. The molecule has 0 saturated carbocycles. The van der Waals surface area contributed by atoms with Crippen LogP contribution in [0.5, 0.6) is 0 Å². The van der Waals surface area contributed by atoms with E-state index < -0.39 is 0 Å². The first-order chi connectivity index (χ1) is 11.6. The molecule has 9 heteroatoms. The number of carbonyl (C=O) groups is 1. The second-order valence-corrected chi connectivity index (χ2v) is 6.67. The van der Waals surface area contributed by atoms with Crippen LogP contribution in [0.1, 0.15) is 37.0 Å². The van der Waals surface area contributed by atoms with Crippen LogP contribution in [0.25, 0.3) is 5.82 Å². The third-order valence-electron chi connectivity index (χ3n) is 4.59. The van der Waals surface area contributed by atoms with Crippen LogP contribution in [0.15, 0.2) is 12.5 Å². The van der Waals surface area contributed by atoms with Crippen LogP contribution in [0.4, 0.5) is 0 Å². The monoisotopic (exact) mass is 332 g/mol. The van der Waals surface area contributed by atoms with Crippen molar-refractivity contribution in [2.45, 2.75) is 32.7 Å². The molecule has 0 radical (unpaired) electrons. The highest BCUT2D eigenvalue weighted by atomic mass is 16.2. The van der Waals surface area contributed by atoms with Gasteiger partial charge in [-0.1, -0.05) is 0 Å². The highest BCUT2D eigenvalue weighted by molar-refractivity contribution is 5.96. The molecule has 2 aromatic heterocycles. The summed E-state index contributed by atoms with van der Waals surface area (Å²) in [4.78, 5) is 17.0. The van der Waals surface area contributed by atoms with Gasteiger partial charge >= 0.3 is 0 Å². The number of amides is 1. The molecular formula is C15H24N8O. The fourth-order valence-electron chi connectivity index (χ4n) is 3.27. The molecule has 0 bridgehead atoms. The summed E-state index contributed by atoms with van der Waals surface area (Å²) >= 11 is 0. The fraction of sp³-hybridized carbons (Fsp3) is 0.667. The molecule has 2 aromatic rings. The summed E-state index contributed by atoms with van der Waals surface area (Å²) in [6.45, 7) is 7.38. The lowest BCUT2D eigenvalue weighted by Gasteiger charge is -2.37. The number of carbonyl (C=O) groups excluding carboxylic acids is 1. The van der Waals surface area contributed by atoms with Crippen molar-refractivity contribution in [3.05, 3.63) is 18.1 Å². The van der Waals surface area contributed by atoms with Gasteiger partial charge in [-0.05, 0) is 49.6 Å². The van der Waals surface area contributed by atoms with Crippen molar-refractivity contribution in [1.82, 2.24) is 40.2 Å². The number of H-pyrrole nitrogens is 1. The van der Waals surface area contributed by atoms with E-state index in [0.717, 1.165) is 26.1 Å². The average molecular weight is 332 g/mol. The molecule has 3 heterocycles. The minimum Gasteiger partial charge on any atom is -0.341 e. The van der Waals surface area contributed by atoms with Crippen LogP contribution in [0, 0.1) is 5.92 Å². The van der Waals surface area contributed by atoms with E-state index in [-0.39, 0.29) is 5.91 Å². The highest BCUT2D eigenvalue weighted by Crippen LogP contribution is 2.20. The van der Waals surface area contributed by atoms with Gasteiger partial charge in [0.2, 0.25) is 0 Å². The number of piperidine rings is 1. The number of hydrogen-bond acceptors (Lipinski definition) is 6. The van der Waals surface area contributed by atoms with Gasteiger partial charge in [0.1, 0.15) is 11.9 Å². The Kier molecular flexibility index (Phi) is 4.89. The maximum Gasteiger partial charge on any atom is 0.259 e. The highest BCUT2D eigenvalue weighted by Gasteiger charge is 2.26. The molecule has 0 spiro atoms. The Hall–Kier alpha value is -2.29. The van der Waals surface area contributed by atoms with E-state index in [9.17, 15) is 4.79 Å². The Morgan fingerprint density at radius 2 is 2.33 bits per heavy atom. The van der Waals surface area contributed by atoms with Crippen LogP contribution in [-0.2, 0) is 0 Å². The molecule has 1 aliphatic heterocycles. The molecule has 3 rings (SSSR count). The molecule has 1 atom stereocenters. The number of aromatic amines is 1. The maximum atomic E-state index is 12.8. The van der Waals surface area contributed by atoms with E-state index in [1.54, 1.807) is 4.90 Å². The molecule has 0 unspecified atom stereocenters. The third-order valence-corrected chi connectivity index (χ3v) is 4.59. The largest absolute Gasteiger partial charge is 0.341 e. The smallest absolute Gasteiger partial charge is 0.259 e. The lowest BCUT2D eigenvalue weighted by Crippen LogP contribution is -2.44. The third kappa shape index (κ3) is 3.45. The number of tetrazole rings is 1. The predicted molar refractivity (Wildman–Crippen MR) is 87.7 cm³/mol. The number of aromatic nitrogens is 6. The molecule has 1 fully saturated rings. The molecule has 1 saturated heterocycles. The zero-order valence-electron chi connectivity index (χ0n) is 14.4. The van der Waals surface area contributed by atoms with Gasteiger partial charge in [0.05, 0.1) is 6.20 Å². The van der Waals surface area contributed by atoms with Gasteiger partial charge in [-0.2, -0.15) is 9.78 Å². The maximum absolute atomic E-state index is 12.8. The van der Waals surface area contributed by atoms with Crippen molar-refractivity contribution in [1.29, 1.82) is 0 Å². The Morgan fingerprint density at radius 3 is 3.04 bits per heavy atom. The fourth-order valence-corrected chi connectivity index (χ4v) is 3.27. The van der Waals surface area contributed by atoms with E-state index in [0.29, 0.717) is 23.3 Å². The summed E-state index contributed by atoms with van der Waals surface area (Å²) in [5, 5.41) is 17.8. The van der Waals surface area contributed by atoms with Crippen molar-refractivity contribution >= 4 is 5.91 Å². The molecule has 1 amide bonds. The minimum atomic E-state index is -0.0732. The molecule has 9 nitrogen and oxygen atoms in total. The van der Waals surface area contributed by atoms with Gasteiger partial charge in [-0.3, -0.25) is 9.89 Å². The first-order valence-corrected chi connectivity index (χ1v) is 8.32. The quantitative estimate of drug-likeness (QED) is 0.860. The first-order valence-electron chi connectivity index (χ1n) is 8.32. The normalized spacial score (nSPS) is 18.9. The molecule has 0 aliphatic carbocycles. The SMILES string of the molecule is CC(C)N1CCC[C@H](CN(C)C(=O)c2cn[nH]c2-n2cnnn2)C1. The van der Waals surface area contributed by atoms with E-state index in [2.05, 4.69) is 44.5 Å². The van der Waals surface area contributed by atoms with E-state index in [1.807, 2.05) is 7.05 Å². The Labute approximate surface area is 141 Å². The summed E-state index contributed by atoms with van der Waals surface area (Å²) < 4.78 is 1.41. The van der Waals surface area contributed by atoms with Crippen LogP contribution in [-0.4, -0.2) is 78.8 Å². The Balaban J connectivity index is 1.66. The summed E-state index contributed by atoms with van der Waals surface area (Å²) in [5.41, 5.74) is 0.473. The summed E-state index contributed by atoms with van der Waals surface area (Å²) in [7, 11) is 1.84. The predicted octanol–water partition coefficient (Wildman–Crippen LogP) is 0.578. The molecule has 1 aliphatic rings. The zero-order chi connectivity index (χ0) is 17.1. The first kappa shape index (κ1) is 16.6. The van der Waals surface area contributed by atoms with E-state index in [1.165, 1.54) is 23.6 Å². The standard InChI is InChI=1S/C15H24N8O/c1-11(2)22-6-4-5-12(9-22)8-21(3)15(24)13-7-16-18-14(13)23-10-17-19-20-23/h7,10-12H,4-6,8-9H2,1-3H3,(H,16,18)/t12-/m1/s1. The molecular weight excluding hydrogens is 308 g/mol. The van der Waals surface area contributed by atoms with Gasteiger partial charge in [0.15, 0.2) is 5.82 Å². The van der Waals surface area contributed by atoms with Crippen LogP contribution < -0.4 is 0 Å². The van der Waals surface area contributed by atoms with Gasteiger partial charge < -0.3 is 9.80 Å². The summed E-state index contributed by atoms with van der Waals surface area (Å²) in [6, 6.07) is 0.550. The molecule has 130 valence electrons. The molecule has 0 aromatic carbocycles. The molecule has 1 N–H and O–H groups in total. The number of hydrogen-bond donors (Lipinski definition) is 1. The lowest BCUT2D eigenvalue weighted by atomic mass is 9.96. The minimum absolute atomic E-state index is 0.0732. The molecule has 24 heavy (non-hydrogen) atoms. The topological polar surface area (TPSA) is 95.8 Å². The van der Waals surface area contributed by atoms with Gasteiger partial charge in [-0.25, -0.2) is 0 Å². The summed E-state index contributed by atoms with van der Waals surface area (Å²) in [5.74, 6) is 0.915. The number of nitrogens with one attached hydrogen (secondary N) is 1. The van der Waals surface area contributed by atoms with Gasteiger partial charge in [0, 0.05) is 26.2 Å². The Morgan fingerprint density at radius 1 is 1.50 bits per heavy atom. The van der Waals surface area contributed by atoms with Gasteiger partial charge in [0.25, 0.3) is 5.91 Å². The second-order valence-electron chi connectivity index (χ2n) is 6.67. The van der Waals surface area contributed by atoms with Crippen LogP contribution in [0.3, 0.4) is 0 Å². The van der Waals surface area contributed by atoms with Crippen molar-refractivity contribution in [3.8, 4) is 5.82 Å². The lowest BCUT2D eigenvalue weighted by molar-refractivity contribution is 0.0709. The van der Waals surface area contributed by atoms with Crippen LogP contribution in [0.2, 0.25) is 0 Å². The second kappa shape index (κ2) is 7.08. The van der Waals surface area contributed by atoms with Crippen molar-refractivity contribution in [2.75, 3.05) is 26.7 Å². The van der Waals surface area contributed by atoms with Crippen molar-refractivity contribution in [3.63, 3.8) is 0 Å². The zero-order valence-corrected chi connectivity index (χ0v) is 14.4. The van der Waals surface area contributed by atoms with Crippen LogP contribution >= 0.6 is 0 Å². The van der Waals surface area contributed by atoms with Crippen molar-refractivity contribution < 1.29 is 4.79 Å².